The van der Waals surface area contributed by atoms with Crippen molar-refractivity contribution in [1.82, 2.24) is 9.62 Å². The van der Waals surface area contributed by atoms with Gasteiger partial charge < -0.3 is 15.4 Å². The fourth-order valence-corrected chi connectivity index (χ4v) is 6.04. The van der Waals surface area contributed by atoms with E-state index in [9.17, 15) is 8.42 Å². The zero-order valence-electron chi connectivity index (χ0n) is 17.4. The van der Waals surface area contributed by atoms with Gasteiger partial charge in [-0.15, -0.1) is 0 Å². The van der Waals surface area contributed by atoms with Gasteiger partial charge in [0.1, 0.15) is 5.75 Å². The van der Waals surface area contributed by atoms with E-state index in [1.807, 2.05) is 0 Å². The highest BCUT2D eigenvalue weighted by Gasteiger charge is 2.26. The van der Waals surface area contributed by atoms with E-state index in [1.54, 1.807) is 29.6 Å². The van der Waals surface area contributed by atoms with E-state index < -0.39 is 10.0 Å². The summed E-state index contributed by atoms with van der Waals surface area (Å²) in [7, 11) is -1.96. The monoisotopic (exact) mass is 439 g/mol. The molecule has 1 heterocycles. The first-order valence-corrected chi connectivity index (χ1v) is 12.5. The molecule has 0 bridgehead atoms. The van der Waals surface area contributed by atoms with Crippen molar-refractivity contribution in [2.24, 2.45) is 5.92 Å². The molecule has 1 aliphatic carbocycles. The molecule has 6 nitrogen and oxygen atoms in total. The average molecular weight is 440 g/mol. The van der Waals surface area contributed by atoms with Crippen LogP contribution in [0.1, 0.15) is 58.3 Å². The molecule has 3 rings (SSSR count). The summed E-state index contributed by atoms with van der Waals surface area (Å²) in [4.78, 5) is 0.275. The molecule has 0 radical (unpaired) electrons. The summed E-state index contributed by atoms with van der Waals surface area (Å²) in [6, 6.07) is 5.29. The number of ether oxygens (including phenoxy) is 1. The van der Waals surface area contributed by atoms with Crippen molar-refractivity contribution < 1.29 is 13.2 Å². The molecule has 0 unspecified atom stereocenters. The second kappa shape index (κ2) is 10.1. The lowest BCUT2D eigenvalue weighted by molar-refractivity contribution is 0.309. The molecule has 2 atom stereocenters. The number of nitrogens with one attached hydrogen (secondary N) is 2. The van der Waals surface area contributed by atoms with E-state index in [-0.39, 0.29) is 4.90 Å². The van der Waals surface area contributed by atoms with Crippen molar-refractivity contribution in [2.45, 2.75) is 69.2 Å². The maximum atomic E-state index is 13.1. The highest BCUT2D eigenvalue weighted by molar-refractivity contribution is 7.89. The van der Waals surface area contributed by atoms with Crippen LogP contribution in [0.2, 0.25) is 0 Å². The standard InChI is InChI=1S/C21H33N3O3S2/c1-16-9-5-6-10-18(16)22-21(28)23-19-15-17(11-12-20(19)27-2)29(25,26)24-13-7-3-4-8-14-24/h11-12,15-16,18H,3-10,13-14H2,1-2H3,(H2,22,23,28)/t16-,18-/m1/s1. The predicted octanol–water partition coefficient (Wildman–Crippen LogP) is 4.13. The Morgan fingerprint density at radius 1 is 1.10 bits per heavy atom. The molecule has 0 spiro atoms. The fraction of sp³-hybridized carbons (Fsp3) is 0.667. The molecule has 1 saturated carbocycles. The number of hydrogen-bond donors (Lipinski definition) is 2. The summed E-state index contributed by atoms with van der Waals surface area (Å²) in [6.45, 7) is 3.40. The zero-order valence-corrected chi connectivity index (χ0v) is 19.1. The number of benzene rings is 1. The van der Waals surface area contributed by atoms with Crippen LogP contribution >= 0.6 is 12.2 Å². The van der Waals surface area contributed by atoms with Crippen LogP contribution in [0.3, 0.4) is 0 Å². The first kappa shape index (κ1) is 22.3. The van der Waals surface area contributed by atoms with Gasteiger partial charge in [0.25, 0.3) is 0 Å². The quantitative estimate of drug-likeness (QED) is 0.673. The molecule has 162 valence electrons. The predicted molar refractivity (Wildman–Crippen MR) is 121 cm³/mol. The van der Waals surface area contributed by atoms with Crippen LogP contribution in [0.25, 0.3) is 0 Å². The minimum Gasteiger partial charge on any atom is -0.495 e. The molecule has 29 heavy (non-hydrogen) atoms. The summed E-state index contributed by atoms with van der Waals surface area (Å²) in [5.74, 6) is 1.14. The van der Waals surface area contributed by atoms with E-state index in [4.69, 9.17) is 17.0 Å². The van der Waals surface area contributed by atoms with Crippen LogP contribution in [-0.2, 0) is 10.0 Å². The van der Waals surface area contributed by atoms with Crippen LogP contribution in [-0.4, -0.2) is 44.1 Å². The number of methoxy groups -OCH3 is 1. The number of rotatable bonds is 5. The van der Waals surface area contributed by atoms with Crippen LogP contribution in [0.4, 0.5) is 5.69 Å². The van der Waals surface area contributed by atoms with Crippen molar-refractivity contribution in [2.75, 3.05) is 25.5 Å². The minimum atomic E-state index is -3.53. The summed E-state index contributed by atoms with van der Waals surface area (Å²) in [5.41, 5.74) is 0.573. The highest BCUT2D eigenvalue weighted by Crippen LogP contribution is 2.30. The highest BCUT2D eigenvalue weighted by atomic mass is 32.2. The maximum absolute atomic E-state index is 13.1. The SMILES string of the molecule is COc1ccc(S(=O)(=O)N2CCCCCC2)cc1NC(=S)N[C@@H]1CCCC[C@H]1C. The summed E-state index contributed by atoms with van der Waals surface area (Å²) in [6.07, 6.45) is 8.77. The number of sulfonamides is 1. The van der Waals surface area contributed by atoms with Gasteiger partial charge in [-0.2, -0.15) is 4.31 Å². The molecule has 0 amide bonds. The molecule has 2 aliphatic rings. The van der Waals surface area contributed by atoms with E-state index in [1.165, 1.54) is 19.3 Å². The van der Waals surface area contributed by atoms with Gasteiger partial charge in [0.05, 0.1) is 17.7 Å². The Balaban J connectivity index is 1.76. The second-order valence-corrected chi connectivity index (χ2v) is 10.5. The first-order valence-electron chi connectivity index (χ1n) is 10.7. The van der Waals surface area contributed by atoms with Crippen molar-refractivity contribution in [3.05, 3.63) is 18.2 Å². The largest absolute Gasteiger partial charge is 0.495 e. The third-order valence-corrected chi connectivity index (χ3v) is 8.16. The molecule has 2 fully saturated rings. The van der Waals surface area contributed by atoms with Gasteiger partial charge in [0.2, 0.25) is 10.0 Å². The third-order valence-electron chi connectivity index (χ3n) is 6.05. The molecular weight excluding hydrogens is 406 g/mol. The zero-order chi connectivity index (χ0) is 20.9. The van der Waals surface area contributed by atoms with Gasteiger partial charge in [0.15, 0.2) is 5.11 Å². The first-order chi connectivity index (χ1) is 13.9. The molecule has 1 aromatic carbocycles. The topological polar surface area (TPSA) is 70.7 Å². The van der Waals surface area contributed by atoms with Gasteiger partial charge in [0, 0.05) is 19.1 Å². The Kier molecular flexibility index (Phi) is 7.76. The molecule has 1 aromatic rings. The number of hydrogen-bond acceptors (Lipinski definition) is 4. The van der Waals surface area contributed by atoms with Crippen molar-refractivity contribution in [1.29, 1.82) is 0 Å². The van der Waals surface area contributed by atoms with E-state index in [0.717, 1.165) is 32.1 Å². The Morgan fingerprint density at radius 2 is 1.79 bits per heavy atom. The van der Waals surface area contributed by atoms with E-state index in [2.05, 4.69) is 17.6 Å². The van der Waals surface area contributed by atoms with Crippen molar-refractivity contribution in [3.8, 4) is 5.75 Å². The summed E-state index contributed by atoms with van der Waals surface area (Å²) in [5, 5.41) is 7.08. The van der Waals surface area contributed by atoms with Crippen molar-refractivity contribution >= 4 is 33.0 Å². The Labute approximate surface area is 180 Å². The van der Waals surface area contributed by atoms with E-state index >= 15 is 0 Å². The molecule has 2 N–H and O–H groups in total. The van der Waals surface area contributed by atoms with Crippen LogP contribution in [0.15, 0.2) is 23.1 Å². The normalized spacial score (nSPS) is 23.8. The smallest absolute Gasteiger partial charge is 0.243 e. The number of nitrogens with zero attached hydrogens (tertiary/aromatic N) is 1. The van der Waals surface area contributed by atoms with Gasteiger partial charge >= 0.3 is 0 Å². The lowest BCUT2D eigenvalue weighted by atomic mass is 9.86. The van der Waals surface area contributed by atoms with Gasteiger partial charge in [-0.1, -0.05) is 32.6 Å². The van der Waals surface area contributed by atoms with Crippen molar-refractivity contribution in [3.63, 3.8) is 0 Å². The molecule has 1 saturated heterocycles. The average Bonchev–Trinajstić information content (AvgIpc) is 3.00. The van der Waals surface area contributed by atoms with Crippen LogP contribution < -0.4 is 15.4 Å². The number of thiocarbonyl (C=S) groups is 1. The third kappa shape index (κ3) is 5.61. The summed E-state index contributed by atoms with van der Waals surface area (Å²) < 4.78 is 33.3. The Hall–Kier alpha value is -1.38. The molecule has 1 aliphatic heterocycles. The van der Waals surface area contributed by atoms with E-state index in [0.29, 0.717) is 41.6 Å². The maximum Gasteiger partial charge on any atom is 0.243 e. The molecule has 0 aromatic heterocycles. The van der Waals surface area contributed by atoms with Crippen LogP contribution in [0.5, 0.6) is 5.75 Å². The fourth-order valence-electron chi connectivity index (χ4n) is 4.23. The molecular formula is C21H33N3O3S2. The van der Waals surface area contributed by atoms with Gasteiger partial charge in [-0.3, -0.25) is 0 Å². The molecule has 8 heteroatoms. The minimum absolute atomic E-state index is 0.275. The summed E-state index contributed by atoms with van der Waals surface area (Å²) >= 11 is 5.52. The Morgan fingerprint density at radius 3 is 2.45 bits per heavy atom. The lowest BCUT2D eigenvalue weighted by Crippen LogP contribution is -2.43. The second-order valence-electron chi connectivity index (χ2n) is 8.15. The Bertz CT molecular complexity index is 805. The van der Waals surface area contributed by atoms with Gasteiger partial charge in [-0.25, -0.2) is 8.42 Å². The van der Waals surface area contributed by atoms with Gasteiger partial charge in [-0.05, 0) is 62.0 Å². The van der Waals surface area contributed by atoms with Crippen LogP contribution in [0, 0.1) is 5.92 Å². The lowest BCUT2D eigenvalue weighted by Gasteiger charge is -2.30. The number of anilines is 1.